The number of halogens is 4. The number of carbonyl (C=O) groups excluding carboxylic acids is 1. The van der Waals surface area contributed by atoms with Crippen LogP contribution < -0.4 is 4.74 Å². The number of benzene rings is 2. The highest BCUT2D eigenvalue weighted by atomic mass is 35.5. The molecule has 5 aromatic rings. The molecule has 0 atom stereocenters. The highest BCUT2D eigenvalue weighted by molar-refractivity contribution is 6.31. The Labute approximate surface area is 261 Å². The SMILES string of the molecule is COc1cnc2cccnc2c1C(=O)N(Cc1ccc(C(F)(F)F)o1)Cc1ccc(-c2cccc(C(C)(C)C(=O)O)c2)cc1Cl. The third-order valence-electron chi connectivity index (χ3n) is 7.47. The second-order valence-corrected chi connectivity index (χ2v) is 11.2. The van der Waals surface area contributed by atoms with Crippen molar-refractivity contribution in [2.45, 2.75) is 38.5 Å². The van der Waals surface area contributed by atoms with Crippen LogP contribution in [0, 0.1) is 0 Å². The number of hydrogen-bond acceptors (Lipinski definition) is 6. The lowest BCUT2D eigenvalue weighted by Gasteiger charge is -2.24. The van der Waals surface area contributed by atoms with Crippen molar-refractivity contribution in [3.05, 3.63) is 112 Å². The van der Waals surface area contributed by atoms with Gasteiger partial charge in [0, 0.05) is 17.8 Å². The van der Waals surface area contributed by atoms with E-state index in [0.29, 0.717) is 22.2 Å². The molecule has 1 amide bonds. The normalized spacial score (nSPS) is 11.9. The molecule has 8 nitrogen and oxygen atoms in total. The second-order valence-electron chi connectivity index (χ2n) is 10.8. The number of carboxylic acid groups (broad SMARTS) is 1. The number of ether oxygens (including phenoxy) is 1. The van der Waals surface area contributed by atoms with Gasteiger partial charge in [0.05, 0.1) is 30.8 Å². The fourth-order valence-electron chi connectivity index (χ4n) is 4.80. The smallest absolute Gasteiger partial charge is 0.449 e. The summed E-state index contributed by atoms with van der Waals surface area (Å²) < 4.78 is 50.4. The average molecular weight is 638 g/mol. The summed E-state index contributed by atoms with van der Waals surface area (Å²) >= 11 is 6.72. The van der Waals surface area contributed by atoms with Crippen LogP contribution in [0.4, 0.5) is 13.2 Å². The number of pyridine rings is 2. The largest absolute Gasteiger partial charge is 0.494 e. The van der Waals surface area contributed by atoms with Gasteiger partial charge in [-0.3, -0.25) is 19.6 Å². The minimum Gasteiger partial charge on any atom is -0.494 e. The van der Waals surface area contributed by atoms with Crippen LogP contribution in [0.15, 0.2) is 83.5 Å². The molecule has 0 saturated carbocycles. The van der Waals surface area contributed by atoms with Crippen molar-refractivity contribution in [2.24, 2.45) is 0 Å². The average Bonchev–Trinajstić information content (AvgIpc) is 3.50. The van der Waals surface area contributed by atoms with E-state index in [2.05, 4.69) is 9.97 Å². The van der Waals surface area contributed by atoms with Crippen LogP contribution in [-0.4, -0.2) is 39.0 Å². The number of nitrogens with zero attached hydrogens (tertiary/aromatic N) is 3. The first-order valence-corrected chi connectivity index (χ1v) is 14.0. The molecule has 0 unspecified atom stereocenters. The summed E-state index contributed by atoms with van der Waals surface area (Å²) in [6.07, 6.45) is -1.82. The van der Waals surface area contributed by atoms with E-state index in [1.54, 1.807) is 62.4 Å². The van der Waals surface area contributed by atoms with Crippen molar-refractivity contribution in [3.63, 3.8) is 0 Å². The minimum absolute atomic E-state index is 0.0799. The number of furan rings is 1. The molecule has 0 aliphatic carbocycles. The summed E-state index contributed by atoms with van der Waals surface area (Å²) in [6.45, 7) is 2.80. The van der Waals surface area contributed by atoms with Gasteiger partial charge in [0.2, 0.25) is 5.76 Å². The molecule has 0 saturated heterocycles. The third-order valence-corrected chi connectivity index (χ3v) is 7.82. The van der Waals surface area contributed by atoms with Crippen LogP contribution in [-0.2, 0) is 29.5 Å². The molecule has 0 fully saturated rings. The molecule has 0 radical (unpaired) electrons. The predicted molar refractivity (Wildman–Crippen MR) is 161 cm³/mol. The van der Waals surface area contributed by atoms with Gasteiger partial charge in [-0.2, -0.15) is 13.2 Å². The molecule has 0 spiro atoms. The summed E-state index contributed by atoms with van der Waals surface area (Å²) in [5, 5.41) is 9.94. The summed E-state index contributed by atoms with van der Waals surface area (Å²) in [5.74, 6) is -2.70. The second kappa shape index (κ2) is 12.2. The van der Waals surface area contributed by atoms with Gasteiger partial charge in [-0.1, -0.05) is 48.0 Å². The van der Waals surface area contributed by atoms with E-state index in [9.17, 15) is 27.9 Å². The Morgan fingerprint density at radius 3 is 2.40 bits per heavy atom. The van der Waals surface area contributed by atoms with Crippen molar-refractivity contribution >= 4 is 34.5 Å². The summed E-state index contributed by atoms with van der Waals surface area (Å²) in [5.41, 5.74) is 2.19. The molecule has 3 aromatic heterocycles. The molecule has 45 heavy (non-hydrogen) atoms. The fraction of sp³-hybridized carbons (Fsp3) is 0.212. The van der Waals surface area contributed by atoms with E-state index in [1.165, 1.54) is 30.5 Å². The number of fused-ring (bicyclic) bond motifs is 1. The highest BCUT2D eigenvalue weighted by Crippen LogP contribution is 2.34. The van der Waals surface area contributed by atoms with Gasteiger partial charge >= 0.3 is 12.1 Å². The molecule has 232 valence electrons. The first kappa shape index (κ1) is 31.5. The number of methoxy groups -OCH3 is 1. The Morgan fingerprint density at radius 2 is 1.73 bits per heavy atom. The number of amides is 1. The molecule has 1 N–H and O–H groups in total. The lowest BCUT2D eigenvalue weighted by molar-refractivity contribution is -0.153. The van der Waals surface area contributed by atoms with Gasteiger partial charge in [-0.25, -0.2) is 0 Å². The van der Waals surface area contributed by atoms with Crippen molar-refractivity contribution < 1.29 is 37.0 Å². The van der Waals surface area contributed by atoms with E-state index < -0.39 is 29.2 Å². The maximum Gasteiger partial charge on any atom is 0.449 e. The Balaban J connectivity index is 1.53. The lowest BCUT2D eigenvalue weighted by Crippen LogP contribution is -2.31. The van der Waals surface area contributed by atoms with E-state index in [1.807, 2.05) is 6.07 Å². The zero-order chi connectivity index (χ0) is 32.5. The van der Waals surface area contributed by atoms with E-state index >= 15 is 0 Å². The number of carbonyl (C=O) groups is 2. The van der Waals surface area contributed by atoms with Gasteiger partial charge in [-0.15, -0.1) is 0 Å². The molecule has 2 aromatic carbocycles. The number of rotatable bonds is 9. The highest BCUT2D eigenvalue weighted by Gasteiger charge is 2.35. The molecule has 0 aliphatic heterocycles. The lowest BCUT2D eigenvalue weighted by atomic mass is 9.83. The van der Waals surface area contributed by atoms with Crippen molar-refractivity contribution in [3.8, 4) is 16.9 Å². The number of carboxylic acids is 1. The Bertz CT molecular complexity index is 1900. The Morgan fingerprint density at radius 1 is 0.978 bits per heavy atom. The van der Waals surface area contributed by atoms with Gasteiger partial charge in [0.1, 0.15) is 16.8 Å². The number of aromatic nitrogens is 2. The summed E-state index contributed by atoms with van der Waals surface area (Å²) in [7, 11) is 1.37. The Hall–Kier alpha value is -4.90. The van der Waals surface area contributed by atoms with Crippen LogP contribution >= 0.6 is 11.6 Å². The number of hydrogen-bond donors (Lipinski definition) is 1. The van der Waals surface area contributed by atoms with Gasteiger partial charge in [0.15, 0.2) is 5.75 Å². The van der Waals surface area contributed by atoms with Crippen LogP contribution in [0.2, 0.25) is 5.02 Å². The van der Waals surface area contributed by atoms with Crippen LogP contribution in [0.25, 0.3) is 22.2 Å². The van der Waals surface area contributed by atoms with Crippen LogP contribution in [0.5, 0.6) is 5.75 Å². The minimum atomic E-state index is -4.70. The maximum atomic E-state index is 14.2. The number of aliphatic carboxylic acids is 1. The standard InChI is InChI=1S/C33H27ClF3N3O5/c1-32(2,31(42)43)22-7-4-6-19(14-22)20-9-10-21(24(34)15-20)17-40(18-23-11-12-27(45-23)33(35,36)37)30(41)28-26(44-3)16-39-25-8-5-13-38-29(25)28/h4-16H,17-18H2,1-3H3,(H,42,43). The van der Waals surface area contributed by atoms with E-state index in [-0.39, 0.29) is 40.7 Å². The monoisotopic (exact) mass is 637 g/mol. The maximum absolute atomic E-state index is 14.2. The molecule has 0 bridgehead atoms. The van der Waals surface area contributed by atoms with Gasteiger partial charge in [0.25, 0.3) is 5.91 Å². The van der Waals surface area contributed by atoms with Crippen molar-refractivity contribution in [2.75, 3.05) is 7.11 Å². The first-order chi connectivity index (χ1) is 21.3. The molecule has 3 heterocycles. The summed E-state index contributed by atoms with van der Waals surface area (Å²) in [4.78, 5) is 35.8. The molecule has 0 aliphatic rings. The predicted octanol–water partition coefficient (Wildman–Crippen LogP) is 7.78. The quantitative estimate of drug-likeness (QED) is 0.176. The van der Waals surface area contributed by atoms with E-state index in [0.717, 1.165) is 11.6 Å². The molecular formula is C33H27ClF3N3O5. The third kappa shape index (κ3) is 6.48. The van der Waals surface area contributed by atoms with E-state index in [4.69, 9.17) is 20.8 Å². The molecular weight excluding hydrogens is 611 g/mol. The summed E-state index contributed by atoms with van der Waals surface area (Å²) in [6, 6.07) is 17.6. The zero-order valence-corrected chi connectivity index (χ0v) is 25.1. The molecule has 12 heteroatoms. The van der Waals surface area contributed by atoms with Crippen LogP contribution in [0.1, 0.15) is 46.9 Å². The molecule has 5 rings (SSSR count). The van der Waals surface area contributed by atoms with Crippen molar-refractivity contribution in [1.29, 1.82) is 0 Å². The van der Waals surface area contributed by atoms with Crippen molar-refractivity contribution in [1.82, 2.24) is 14.9 Å². The topological polar surface area (TPSA) is 106 Å². The number of alkyl halides is 3. The van der Waals surface area contributed by atoms with Gasteiger partial charge < -0.3 is 19.2 Å². The fourth-order valence-corrected chi connectivity index (χ4v) is 5.04. The zero-order valence-electron chi connectivity index (χ0n) is 24.4. The first-order valence-electron chi connectivity index (χ1n) is 13.6. The van der Waals surface area contributed by atoms with Gasteiger partial charge in [-0.05, 0) is 66.4 Å². The van der Waals surface area contributed by atoms with Crippen LogP contribution in [0.3, 0.4) is 0 Å². The Kier molecular flexibility index (Phi) is 8.57.